The number of para-hydroxylation sites is 3. The zero-order chi connectivity index (χ0) is 29.6. The smallest absolute Gasteiger partial charge is 0.204 e. The van der Waals surface area contributed by atoms with E-state index in [2.05, 4.69) is 91.0 Å². The van der Waals surface area contributed by atoms with Crippen molar-refractivity contribution < 1.29 is 13.3 Å². The van der Waals surface area contributed by atoms with Gasteiger partial charge in [-0.3, -0.25) is 0 Å². The zero-order valence-electron chi connectivity index (χ0n) is 23.8. The molecular weight excluding hydrogens is 554 g/mol. The summed E-state index contributed by atoms with van der Waals surface area (Å²) in [4.78, 5) is 0. The summed E-state index contributed by atoms with van der Waals surface area (Å²) in [6, 6.07) is 45.8. The summed E-state index contributed by atoms with van der Waals surface area (Å²) in [7, 11) is 0. The van der Waals surface area contributed by atoms with Crippen molar-refractivity contribution in [2.45, 2.75) is 0 Å². The average Bonchev–Trinajstić information content (AvgIpc) is 3.80. The van der Waals surface area contributed by atoms with Crippen LogP contribution in [0.5, 0.6) is 0 Å². The van der Waals surface area contributed by atoms with E-state index >= 15 is 0 Å². The summed E-state index contributed by atoms with van der Waals surface area (Å²) in [6.07, 6.45) is 0. The number of hydrogen-bond acceptors (Lipinski definition) is 4. The quantitative estimate of drug-likeness (QED) is 0.192. The fourth-order valence-electron chi connectivity index (χ4n) is 7.29. The van der Waals surface area contributed by atoms with Crippen molar-refractivity contribution in [2.75, 3.05) is 0 Å². The van der Waals surface area contributed by atoms with Crippen molar-refractivity contribution in [1.82, 2.24) is 0 Å². The van der Waals surface area contributed by atoms with E-state index in [4.69, 9.17) is 13.3 Å². The van der Waals surface area contributed by atoms with E-state index in [-0.39, 0.29) is 0 Å². The minimum atomic E-state index is 0.304. The van der Waals surface area contributed by atoms with E-state index in [0.717, 1.165) is 93.1 Å². The van der Waals surface area contributed by atoms with Crippen molar-refractivity contribution in [3.8, 4) is 28.3 Å². The summed E-state index contributed by atoms with van der Waals surface area (Å²) < 4.78 is 19.2. The van der Waals surface area contributed by atoms with Crippen molar-refractivity contribution in [3.05, 3.63) is 133 Å². The largest absolute Gasteiger partial charge is 0.456 e. The predicted molar refractivity (Wildman–Crippen MR) is 181 cm³/mol. The molecule has 10 rings (SSSR count). The molecule has 0 unspecified atom stereocenters. The summed E-state index contributed by atoms with van der Waals surface area (Å²) in [5, 5.41) is 19.1. The van der Waals surface area contributed by atoms with Gasteiger partial charge in [0.15, 0.2) is 0 Å². The van der Waals surface area contributed by atoms with Gasteiger partial charge in [0.2, 0.25) is 5.76 Å². The fraction of sp³-hybridized carbons (Fsp3) is 0. The van der Waals surface area contributed by atoms with E-state index in [1.807, 2.05) is 36.4 Å². The Balaban J connectivity index is 1.35. The van der Waals surface area contributed by atoms with E-state index in [1.165, 1.54) is 0 Å². The lowest BCUT2D eigenvalue weighted by atomic mass is 9.85. The number of nitrogens with zero attached hydrogens (tertiary/aromatic N) is 1. The Bertz CT molecular complexity index is 2840. The van der Waals surface area contributed by atoms with Gasteiger partial charge in [-0.25, -0.2) is 0 Å². The normalized spacial score (nSPS) is 12.0. The van der Waals surface area contributed by atoms with Crippen LogP contribution in [0.15, 0.2) is 141 Å². The SMILES string of the molecule is N#Cc1cc2cccc(-c3c4ccccc4c(-c4cccc5c4oc4c5ccc5oc6ccccc6c54)c4ccccc34)c2o1. The van der Waals surface area contributed by atoms with Crippen LogP contribution in [0.1, 0.15) is 5.76 Å². The zero-order valence-corrected chi connectivity index (χ0v) is 23.8. The van der Waals surface area contributed by atoms with Gasteiger partial charge in [-0.2, -0.15) is 5.26 Å². The van der Waals surface area contributed by atoms with E-state index in [1.54, 1.807) is 6.07 Å². The average molecular weight is 576 g/mol. The highest BCUT2D eigenvalue weighted by molar-refractivity contribution is 6.27. The molecule has 10 aromatic rings. The number of fused-ring (bicyclic) bond motifs is 10. The van der Waals surface area contributed by atoms with Gasteiger partial charge in [-0.05, 0) is 39.7 Å². The third-order valence-corrected chi connectivity index (χ3v) is 9.13. The first-order valence-electron chi connectivity index (χ1n) is 14.9. The van der Waals surface area contributed by atoms with Crippen LogP contribution in [0.25, 0.3) is 98.6 Å². The lowest BCUT2D eigenvalue weighted by molar-refractivity contribution is 0.600. The molecule has 0 aliphatic heterocycles. The maximum absolute atomic E-state index is 9.59. The Morgan fingerprint density at radius 3 is 1.69 bits per heavy atom. The highest BCUT2D eigenvalue weighted by atomic mass is 16.3. The van der Waals surface area contributed by atoms with E-state index < -0.39 is 0 Å². The molecule has 0 bridgehead atoms. The summed E-state index contributed by atoms with van der Waals surface area (Å²) in [6.45, 7) is 0. The van der Waals surface area contributed by atoms with Gasteiger partial charge in [0.25, 0.3) is 0 Å². The lowest BCUT2D eigenvalue weighted by Crippen LogP contribution is -1.91. The Morgan fingerprint density at radius 2 is 1.00 bits per heavy atom. The van der Waals surface area contributed by atoms with Crippen LogP contribution in [0.4, 0.5) is 0 Å². The molecule has 7 aromatic carbocycles. The molecule has 3 heterocycles. The molecule has 0 saturated carbocycles. The summed E-state index contributed by atoms with van der Waals surface area (Å²) in [5.74, 6) is 0.304. The van der Waals surface area contributed by atoms with Crippen LogP contribution in [0.3, 0.4) is 0 Å². The Kier molecular flexibility index (Phi) is 4.76. The molecule has 4 nitrogen and oxygen atoms in total. The van der Waals surface area contributed by atoms with Crippen LogP contribution < -0.4 is 0 Å². The fourth-order valence-corrected chi connectivity index (χ4v) is 7.29. The second kappa shape index (κ2) is 8.86. The van der Waals surface area contributed by atoms with Gasteiger partial charge in [0.1, 0.15) is 34.0 Å². The van der Waals surface area contributed by atoms with E-state index in [0.29, 0.717) is 11.3 Å². The van der Waals surface area contributed by atoms with Crippen molar-refractivity contribution in [3.63, 3.8) is 0 Å². The molecule has 0 fully saturated rings. The molecule has 45 heavy (non-hydrogen) atoms. The van der Waals surface area contributed by atoms with Crippen LogP contribution in [0, 0.1) is 11.3 Å². The molecule has 0 amide bonds. The molecule has 0 aliphatic rings. The first-order valence-corrected chi connectivity index (χ1v) is 14.9. The van der Waals surface area contributed by atoms with Crippen molar-refractivity contribution in [2.24, 2.45) is 0 Å². The van der Waals surface area contributed by atoms with Gasteiger partial charge >= 0.3 is 0 Å². The maximum Gasteiger partial charge on any atom is 0.204 e. The number of benzene rings is 7. The molecule has 0 radical (unpaired) electrons. The third-order valence-electron chi connectivity index (χ3n) is 9.13. The third kappa shape index (κ3) is 3.24. The number of nitriles is 1. The predicted octanol–water partition coefficient (Wildman–Crippen LogP) is 11.7. The Labute approximate surface area is 255 Å². The maximum atomic E-state index is 9.59. The minimum absolute atomic E-state index is 0.304. The van der Waals surface area contributed by atoms with Gasteiger partial charge in [0.05, 0.1) is 5.39 Å². The standard InChI is InChI=1S/C41H21NO3/c42-22-24-21-23-9-7-16-32(39(23)43-24)36-25-10-1-3-12-27(25)37(28-13-4-2-11-26(28)36)33-17-8-15-29-30-19-20-35-38(41(30)45-40(29)33)31-14-5-6-18-34(31)44-35/h1-21H. The molecule has 3 aromatic heterocycles. The summed E-state index contributed by atoms with van der Waals surface area (Å²) >= 11 is 0. The highest BCUT2D eigenvalue weighted by Crippen LogP contribution is 2.48. The Morgan fingerprint density at radius 1 is 0.422 bits per heavy atom. The van der Waals surface area contributed by atoms with Gasteiger partial charge in [-0.15, -0.1) is 0 Å². The first kappa shape index (κ1) is 24.2. The highest BCUT2D eigenvalue weighted by Gasteiger charge is 2.23. The molecular formula is C41H21NO3. The topological polar surface area (TPSA) is 63.2 Å². The second-order valence-electron chi connectivity index (χ2n) is 11.5. The molecule has 0 saturated heterocycles. The lowest BCUT2D eigenvalue weighted by Gasteiger charge is -2.18. The number of furan rings is 3. The van der Waals surface area contributed by atoms with Gasteiger partial charge in [-0.1, -0.05) is 103 Å². The Hall–Kier alpha value is -6.31. The van der Waals surface area contributed by atoms with E-state index in [9.17, 15) is 5.26 Å². The molecule has 4 heteroatoms. The van der Waals surface area contributed by atoms with Crippen LogP contribution in [0.2, 0.25) is 0 Å². The van der Waals surface area contributed by atoms with Gasteiger partial charge in [0, 0.05) is 49.9 Å². The number of hydrogen-bond donors (Lipinski definition) is 0. The first-order chi connectivity index (χ1) is 22.3. The summed E-state index contributed by atoms with van der Waals surface area (Å²) in [5.41, 5.74) is 8.26. The minimum Gasteiger partial charge on any atom is -0.456 e. The molecule has 0 aliphatic carbocycles. The molecule has 0 spiro atoms. The molecule has 0 atom stereocenters. The van der Waals surface area contributed by atoms with Crippen LogP contribution in [-0.4, -0.2) is 0 Å². The van der Waals surface area contributed by atoms with Crippen molar-refractivity contribution in [1.29, 1.82) is 5.26 Å². The van der Waals surface area contributed by atoms with Crippen LogP contribution >= 0.6 is 0 Å². The van der Waals surface area contributed by atoms with Crippen LogP contribution in [-0.2, 0) is 0 Å². The molecule has 208 valence electrons. The second-order valence-corrected chi connectivity index (χ2v) is 11.5. The molecule has 0 N–H and O–H groups in total. The van der Waals surface area contributed by atoms with Crippen molar-refractivity contribution >= 4 is 76.4 Å². The number of rotatable bonds is 2. The monoisotopic (exact) mass is 575 g/mol. The van der Waals surface area contributed by atoms with Gasteiger partial charge < -0.3 is 13.3 Å².